The van der Waals surface area contributed by atoms with Gasteiger partial charge in [0.25, 0.3) is 12.3 Å². The molecule has 1 aromatic carbocycles. The number of benzene rings is 1. The van der Waals surface area contributed by atoms with E-state index in [9.17, 15) is 36.7 Å². The predicted molar refractivity (Wildman–Crippen MR) is 209 cm³/mol. The average molecular weight is 830 g/mol. The highest BCUT2D eigenvalue weighted by atomic mass is 32.2. The molecule has 2 aromatic rings. The minimum atomic E-state index is -4.07. The van der Waals surface area contributed by atoms with Gasteiger partial charge in [0, 0.05) is 29.8 Å². The number of carboxylic acid groups (broad SMARTS) is 1. The lowest BCUT2D eigenvalue weighted by Gasteiger charge is -2.38. The molecule has 4 amide bonds. The smallest absolute Gasteiger partial charge is 0.407 e. The van der Waals surface area contributed by atoms with E-state index in [2.05, 4.69) is 15.0 Å². The summed E-state index contributed by atoms with van der Waals surface area (Å²) in [7, 11) is -2.59. The summed E-state index contributed by atoms with van der Waals surface area (Å²) in [6, 6.07) is 2.39. The number of hydrogen-bond acceptors (Lipinski definition) is 9. The van der Waals surface area contributed by atoms with Gasteiger partial charge in [-0.1, -0.05) is 45.8 Å². The molecule has 5 aliphatic rings. The molecular weight excluding hydrogens is 777 g/mol. The van der Waals surface area contributed by atoms with E-state index < -0.39 is 85.3 Å². The van der Waals surface area contributed by atoms with Crippen molar-refractivity contribution in [3.05, 3.63) is 41.6 Å². The molecular formula is C41H53F2N5O9S. The fraction of sp³-hybridized carbons (Fsp3) is 0.634. The van der Waals surface area contributed by atoms with Crippen molar-refractivity contribution in [3.8, 4) is 11.5 Å². The Balaban J connectivity index is 1.29. The van der Waals surface area contributed by atoms with Gasteiger partial charge in [-0.2, -0.15) is 0 Å². The minimum Gasteiger partial charge on any atom is -0.497 e. The number of fused-ring (bicyclic) bond motifs is 5. The third kappa shape index (κ3) is 7.82. The Morgan fingerprint density at radius 2 is 1.90 bits per heavy atom. The van der Waals surface area contributed by atoms with Crippen LogP contribution >= 0.6 is 0 Å². The maximum atomic E-state index is 15.0. The van der Waals surface area contributed by atoms with Crippen molar-refractivity contribution in [1.82, 2.24) is 24.8 Å². The second-order valence-corrected chi connectivity index (χ2v) is 20.4. The number of hydrogen-bond donors (Lipinski definition) is 3. The Kier molecular flexibility index (Phi) is 10.7. The second-order valence-electron chi connectivity index (χ2n) is 18.2. The number of nitrogens with one attached hydrogen (secondary N) is 2. The molecule has 2 saturated carbocycles. The quantitative estimate of drug-likeness (QED) is 0.296. The summed E-state index contributed by atoms with van der Waals surface area (Å²) >= 11 is 0. The molecule has 7 rings (SSSR count). The van der Waals surface area contributed by atoms with Crippen LogP contribution in [0.15, 0.2) is 30.4 Å². The summed E-state index contributed by atoms with van der Waals surface area (Å²) in [6.45, 7) is 6.89. The third-order valence-electron chi connectivity index (χ3n) is 12.5. The zero-order valence-corrected chi connectivity index (χ0v) is 34.4. The van der Waals surface area contributed by atoms with Crippen LogP contribution in [0.25, 0.3) is 10.9 Å². The number of nitrogens with zero attached hydrogens (tertiary/aromatic N) is 3. The molecule has 2 aliphatic carbocycles. The van der Waals surface area contributed by atoms with E-state index >= 15 is 4.79 Å². The molecule has 1 aromatic heterocycles. The summed E-state index contributed by atoms with van der Waals surface area (Å²) in [5.41, 5.74) is -3.33. The Hall–Kier alpha value is -4.54. The zero-order valence-electron chi connectivity index (χ0n) is 33.6. The molecule has 4 heterocycles. The Morgan fingerprint density at radius 1 is 1.16 bits per heavy atom. The van der Waals surface area contributed by atoms with E-state index in [1.165, 1.54) is 12.0 Å². The van der Waals surface area contributed by atoms with E-state index in [0.717, 1.165) is 4.90 Å². The number of aromatic nitrogens is 1. The summed E-state index contributed by atoms with van der Waals surface area (Å²) in [5.74, 6) is -2.47. The number of allylic oxidation sites excluding steroid dienone is 1. The van der Waals surface area contributed by atoms with Crippen LogP contribution in [0.4, 0.5) is 13.6 Å². The van der Waals surface area contributed by atoms with Crippen molar-refractivity contribution in [3.63, 3.8) is 0 Å². The maximum Gasteiger partial charge on any atom is 0.407 e. The fourth-order valence-corrected chi connectivity index (χ4v) is 10.1. The number of methoxy groups -OCH3 is 1. The van der Waals surface area contributed by atoms with Gasteiger partial charge in [-0.3, -0.25) is 24.0 Å². The van der Waals surface area contributed by atoms with Gasteiger partial charge >= 0.3 is 6.09 Å². The highest BCUT2D eigenvalue weighted by Gasteiger charge is 2.64. The first kappa shape index (κ1) is 41.6. The number of aryl methyl sites for hydroxylation is 1. The van der Waals surface area contributed by atoms with E-state index in [1.807, 2.05) is 32.9 Å². The molecule has 3 fully saturated rings. The number of rotatable bonds is 7. The molecule has 58 heavy (non-hydrogen) atoms. The van der Waals surface area contributed by atoms with Gasteiger partial charge in [0.05, 0.1) is 23.9 Å². The van der Waals surface area contributed by atoms with Crippen LogP contribution in [0.2, 0.25) is 0 Å². The molecule has 0 unspecified atom stereocenters. The van der Waals surface area contributed by atoms with Gasteiger partial charge in [-0.05, 0) is 81.9 Å². The van der Waals surface area contributed by atoms with Gasteiger partial charge in [-0.15, -0.1) is 0 Å². The number of sulfonamides is 1. The number of halogens is 2. The average Bonchev–Trinajstić information content (AvgIpc) is 4.05. The first-order valence-corrected chi connectivity index (χ1v) is 21.5. The number of ether oxygens (including phenoxy) is 2. The molecule has 1 saturated heterocycles. The lowest BCUT2D eigenvalue weighted by molar-refractivity contribution is -0.143. The van der Waals surface area contributed by atoms with Gasteiger partial charge in [-0.25, -0.2) is 27.0 Å². The summed E-state index contributed by atoms with van der Waals surface area (Å²) in [4.78, 5) is 63.3. The third-order valence-corrected chi connectivity index (χ3v) is 14.6. The fourth-order valence-electron chi connectivity index (χ4n) is 8.77. The maximum absolute atomic E-state index is 15.0. The van der Waals surface area contributed by atoms with Crippen molar-refractivity contribution in [2.24, 2.45) is 11.3 Å². The SMILES string of the molecule is COc1ccc2nc(C(F)F)c3c(c2c1)CC[C@]1(C[C@H]2C(=O)N[C@]4(C(=O)NS(=O)(=O)C5(C)CC5)C[C@H]4/C=C\CCCCC[C@H](N(CC(C)(C)C)C(=O)O)C(=O)N2C1)O3. The summed E-state index contributed by atoms with van der Waals surface area (Å²) < 4.78 is 69.1. The molecule has 5 atom stereocenters. The van der Waals surface area contributed by atoms with E-state index in [4.69, 9.17) is 9.47 Å². The Bertz CT molecular complexity index is 2160. The van der Waals surface area contributed by atoms with Crippen molar-refractivity contribution < 1.29 is 51.0 Å². The van der Waals surface area contributed by atoms with Gasteiger partial charge in [0.15, 0.2) is 5.75 Å². The van der Waals surface area contributed by atoms with Crippen LogP contribution in [0.5, 0.6) is 11.5 Å². The van der Waals surface area contributed by atoms with Crippen molar-refractivity contribution >= 4 is 44.7 Å². The van der Waals surface area contributed by atoms with Crippen LogP contribution < -0.4 is 19.5 Å². The summed E-state index contributed by atoms with van der Waals surface area (Å²) in [5, 5.41) is 13.9. The number of pyridine rings is 1. The molecule has 14 nitrogen and oxygen atoms in total. The van der Waals surface area contributed by atoms with Crippen LogP contribution in [-0.4, -0.2) is 100 Å². The molecule has 0 radical (unpaired) electrons. The minimum absolute atomic E-state index is 0.0134. The van der Waals surface area contributed by atoms with Crippen LogP contribution in [0.3, 0.4) is 0 Å². The lowest BCUT2D eigenvalue weighted by Crippen LogP contribution is -2.59. The Labute approximate surface area is 337 Å². The van der Waals surface area contributed by atoms with Gasteiger partial charge < -0.3 is 24.8 Å². The lowest BCUT2D eigenvalue weighted by atomic mass is 9.87. The zero-order chi connectivity index (χ0) is 42.0. The summed E-state index contributed by atoms with van der Waals surface area (Å²) in [6.07, 6.45) is 3.19. The number of carbonyl (C=O) groups is 4. The van der Waals surface area contributed by atoms with E-state index in [0.29, 0.717) is 60.7 Å². The molecule has 3 aliphatic heterocycles. The molecule has 1 spiro atoms. The Morgan fingerprint density at radius 3 is 2.55 bits per heavy atom. The number of amides is 4. The molecule has 17 heteroatoms. The highest BCUT2D eigenvalue weighted by Crippen LogP contribution is 2.50. The van der Waals surface area contributed by atoms with E-state index in [1.54, 1.807) is 25.1 Å². The monoisotopic (exact) mass is 829 g/mol. The van der Waals surface area contributed by atoms with Crippen molar-refractivity contribution in [1.29, 1.82) is 0 Å². The van der Waals surface area contributed by atoms with Crippen LogP contribution in [0.1, 0.15) is 110 Å². The standard InChI is InChI=1S/C41H53F2N5O9S/c1-38(2,3)22-48(37(52)53)29-12-10-8-6-7-9-11-24-20-41(24,36(51)46-58(54,55)39(4)17-18-39)45-34(49)30-21-40(23-47(30)35(29)50)16-15-26-27-19-25(56-5)13-14-28(27)44-31(33(42)43)32(26)57-40/h9,11,13-14,19,24,29-30,33H,6-8,10,12,15-18,20-23H2,1-5H3,(H,45,49)(H,46,51)(H,52,53)/b11-9-/t24-,29+,30+,40-,41-/m1/s1. The van der Waals surface area contributed by atoms with E-state index in [-0.39, 0.29) is 50.9 Å². The molecule has 0 bridgehead atoms. The molecule has 3 N–H and O–H groups in total. The second kappa shape index (κ2) is 14.9. The first-order valence-electron chi connectivity index (χ1n) is 20.1. The van der Waals surface area contributed by atoms with Gasteiger partial charge in [0.1, 0.15) is 34.7 Å². The van der Waals surface area contributed by atoms with Crippen LogP contribution in [0, 0.1) is 11.3 Å². The first-order chi connectivity index (χ1) is 27.2. The largest absolute Gasteiger partial charge is 0.497 e. The highest BCUT2D eigenvalue weighted by molar-refractivity contribution is 7.91. The number of alkyl halides is 2. The normalized spacial score (nSPS) is 28.9. The van der Waals surface area contributed by atoms with Crippen molar-refractivity contribution in [2.75, 3.05) is 20.2 Å². The van der Waals surface area contributed by atoms with Crippen molar-refractivity contribution in [2.45, 2.75) is 133 Å². The van der Waals surface area contributed by atoms with Crippen LogP contribution in [-0.2, 0) is 30.8 Å². The molecule has 316 valence electrons. The number of carbonyl (C=O) groups excluding carboxylic acids is 3. The van der Waals surface area contributed by atoms with Gasteiger partial charge in [0.2, 0.25) is 21.8 Å². The topological polar surface area (TPSA) is 185 Å². The predicted octanol–water partition coefficient (Wildman–Crippen LogP) is 5.63.